The van der Waals surface area contributed by atoms with Crippen LogP contribution in [0.1, 0.15) is 0 Å². The average molecular weight is 150 g/mol. The van der Waals surface area contributed by atoms with E-state index >= 15 is 0 Å². The van der Waals surface area contributed by atoms with Gasteiger partial charge in [-0.3, -0.25) is 0 Å². The van der Waals surface area contributed by atoms with Crippen molar-refractivity contribution in [2.75, 3.05) is 11.9 Å². The van der Waals surface area contributed by atoms with E-state index in [0.29, 0.717) is 5.69 Å². The minimum Gasteiger partial charge on any atom is -0.375 e. The van der Waals surface area contributed by atoms with Gasteiger partial charge >= 0.3 is 0 Å². The van der Waals surface area contributed by atoms with Crippen molar-refractivity contribution < 1.29 is 4.39 Å². The second-order valence-corrected chi connectivity index (χ2v) is 2.36. The Balaban J connectivity index is 2.51. The smallest absolute Gasteiger partial charge is 0.208 e. The largest absolute Gasteiger partial charge is 0.375 e. The Bertz CT molecular complexity index is 307. The topological polar surface area (TPSA) is 24.4 Å². The molecule has 11 heavy (non-hydrogen) atoms. The predicted octanol–water partition coefficient (Wildman–Crippen LogP) is 2.11. The predicted molar refractivity (Wildman–Crippen MR) is 43.1 cm³/mol. The summed E-state index contributed by atoms with van der Waals surface area (Å²) in [5.74, 6) is -0.358. The number of para-hydroxylation sites is 2. The van der Waals surface area contributed by atoms with E-state index in [9.17, 15) is 4.39 Å². The Hall–Kier alpha value is -1.38. The van der Waals surface area contributed by atoms with Gasteiger partial charge in [0.25, 0.3) is 0 Å². The number of halogens is 1. The molecule has 3 heteroatoms. The third kappa shape index (κ3) is 1.09. The van der Waals surface area contributed by atoms with E-state index < -0.39 is 0 Å². The number of benzene rings is 1. The van der Waals surface area contributed by atoms with Crippen LogP contribution in [-0.4, -0.2) is 12.5 Å². The van der Waals surface area contributed by atoms with Crippen LogP contribution in [0.25, 0.3) is 0 Å². The highest BCUT2D eigenvalue weighted by molar-refractivity contribution is 5.88. The van der Waals surface area contributed by atoms with E-state index in [1.54, 1.807) is 6.07 Å². The molecule has 0 bridgehead atoms. The van der Waals surface area contributed by atoms with E-state index in [2.05, 4.69) is 10.3 Å². The SMILES string of the molecule is FC1=Nc2ccccc2NC1. The lowest BCUT2D eigenvalue weighted by Crippen LogP contribution is -2.12. The molecule has 0 radical (unpaired) electrons. The van der Waals surface area contributed by atoms with Crippen LogP contribution in [0.4, 0.5) is 15.8 Å². The van der Waals surface area contributed by atoms with Crippen LogP contribution in [0.2, 0.25) is 0 Å². The van der Waals surface area contributed by atoms with Gasteiger partial charge in [-0.2, -0.15) is 4.39 Å². The average Bonchev–Trinajstić information content (AvgIpc) is 2.04. The molecular formula is C8H7FN2. The molecule has 0 atom stereocenters. The van der Waals surface area contributed by atoms with Crippen LogP contribution in [0.5, 0.6) is 0 Å². The van der Waals surface area contributed by atoms with Gasteiger partial charge in [-0.05, 0) is 12.1 Å². The number of rotatable bonds is 0. The molecular weight excluding hydrogens is 143 g/mol. The number of nitrogens with one attached hydrogen (secondary N) is 1. The van der Waals surface area contributed by atoms with Crippen LogP contribution in [0, 0.1) is 0 Å². The van der Waals surface area contributed by atoms with Crippen LogP contribution in [0.3, 0.4) is 0 Å². The maximum atomic E-state index is 12.5. The molecule has 0 fully saturated rings. The molecule has 0 unspecified atom stereocenters. The molecule has 1 N–H and O–H groups in total. The number of hydrogen-bond donors (Lipinski definition) is 1. The molecule has 0 saturated carbocycles. The Morgan fingerprint density at radius 3 is 3.09 bits per heavy atom. The number of anilines is 1. The van der Waals surface area contributed by atoms with Crippen LogP contribution in [0.15, 0.2) is 29.3 Å². The third-order valence-corrected chi connectivity index (χ3v) is 1.57. The monoisotopic (exact) mass is 150 g/mol. The molecule has 2 rings (SSSR count). The fourth-order valence-electron chi connectivity index (χ4n) is 1.06. The number of hydrogen-bond acceptors (Lipinski definition) is 2. The molecule has 1 aromatic carbocycles. The summed E-state index contributed by atoms with van der Waals surface area (Å²) in [6, 6.07) is 7.39. The van der Waals surface area contributed by atoms with Crippen molar-refractivity contribution in [1.82, 2.24) is 0 Å². The zero-order valence-electron chi connectivity index (χ0n) is 5.84. The quantitative estimate of drug-likeness (QED) is 0.601. The Morgan fingerprint density at radius 1 is 1.36 bits per heavy atom. The molecule has 1 aromatic rings. The lowest BCUT2D eigenvalue weighted by Gasteiger charge is -2.12. The van der Waals surface area contributed by atoms with Gasteiger partial charge in [0.15, 0.2) is 0 Å². The third-order valence-electron chi connectivity index (χ3n) is 1.57. The maximum Gasteiger partial charge on any atom is 0.208 e. The van der Waals surface area contributed by atoms with Gasteiger partial charge in [0.05, 0.1) is 17.9 Å². The van der Waals surface area contributed by atoms with Crippen molar-refractivity contribution >= 4 is 17.3 Å². The van der Waals surface area contributed by atoms with Crippen LogP contribution < -0.4 is 5.32 Å². The summed E-state index contributed by atoms with van der Waals surface area (Å²) in [6.45, 7) is 0.205. The van der Waals surface area contributed by atoms with Gasteiger partial charge < -0.3 is 5.32 Å². The summed E-state index contributed by atoms with van der Waals surface area (Å²) in [5.41, 5.74) is 1.57. The van der Waals surface area contributed by atoms with E-state index in [-0.39, 0.29) is 12.5 Å². The second-order valence-electron chi connectivity index (χ2n) is 2.36. The van der Waals surface area contributed by atoms with E-state index in [1.807, 2.05) is 18.2 Å². The number of aliphatic imine (C=N–C) groups is 1. The van der Waals surface area contributed by atoms with Crippen molar-refractivity contribution in [3.63, 3.8) is 0 Å². The zero-order valence-corrected chi connectivity index (χ0v) is 5.84. The number of fused-ring (bicyclic) bond motifs is 1. The normalized spacial score (nSPS) is 14.8. The molecule has 1 aliphatic rings. The molecule has 56 valence electrons. The Labute approximate surface area is 63.8 Å². The summed E-state index contributed by atoms with van der Waals surface area (Å²) in [6.07, 6.45) is 0. The molecule has 0 spiro atoms. The van der Waals surface area contributed by atoms with Crippen molar-refractivity contribution in [2.24, 2.45) is 4.99 Å². The van der Waals surface area contributed by atoms with Crippen molar-refractivity contribution in [3.8, 4) is 0 Å². The van der Waals surface area contributed by atoms with E-state index in [4.69, 9.17) is 0 Å². The summed E-state index contributed by atoms with van der Waals surface area (Å²) >= 11 is 0. The van der Waals surface area contributed by atoms with Crippen molar-refractivity contribution in [3.05, 3.63) is 24.3 Å². The highest BCUT2D eigenvalue weighted by Gasteiger charge is 2.08. The first-order valence-corrected chi connectivity index (χ1v) is 3.42. The molecule has 0 aromatic heterocycles. The second kappa shape index (κ2) is 2.34. The van der Waals surface area contributed by atoms with Gasteiger partial charge in [0.1, 0.15) is 0 Å². The molecule has 2 nitrogen and oxygen atoms in total. The fourth-order valence-corrected chi connectivity index (χ4v) is 1.06. The van der Waals surface area contributed by atoms with Crippen molar-refractivity contribution in [1.29, 1.82) is 0 Å². The lowest BCUT2D eigenvalue weighted by molar-refractivity contribution is 0.785. The molecule has 1 aliphatic heterocycles. The summed E-state index contributed by atoms with van der Waals surface area (Å²) in [4.78, 5) is 3.73. The van der Waals surface area contributed by atoms with E-state index in [0.717, 1.165) is 5.69 Å². The number of nitrogens with zero attached hydrogens (tertiary/aromatic N) is 1. The summed E-state index contributed by atoms with van der Waals surface area (Å²) < 4.78 is 12.5. The fraction of sp³-hybridized carbons (Fsp3) is 0.125. The van der Waals surface area contributed by atoms with Crippen LogP contribution >= 0.6 is 0 Å². The highest BCUT2D eigenvalue weighted by atomic mass is 19.1. The van der Waals surface area contributed by atoms with Gasteiger partial charge in [-0.15, -0.1) is 0 Å². The Kier molecular flexibility index (Phi) is 1.35. The molecule has 1 heterocycles. The Morgan fingerprint density at radius 2 is 2.18 bits per heavy atom. The summed E-state index contributed by atoms with van der Waals surface area (Å²) in [7, 11) is 0. The molecule has 0 amide bonds. The molecule has 0 aliphatic carbocycles. The van der Waals surface area contributed by atoms with Gasteiger partial charge in [-0.25, -0.2) is 4.99 Å². The summed E-state index contributed by atoms with van der Waals surface area (Å²) in [5, 5.41) is 2.91. The first-order chi connectivity index (χ1) is 5.36. The van der Waals surface area contributed by atoms with Crippen molar-refractivity contribution in [2.45, 2.75) is 0 Å². The highest BCUT2D eigenvalue weighted by Crippen LogP contribution is 2.26. The first kappa shape index (κ1) is 6.34. The minimum atomic E-state index is -0.358. The van der Waals surface area contributed by atoms with Gasteiger partial charge in [-0.1, -0.05) is 12.1 Å². The standard InChI is InChI=1S/C8H7FN2/c9-8-5-10-6-3-1-2-4-7(6)11-8/h1-4,10H,5H2. The first-order valence-electron chi connectivity index (χ1n) is 3.42. The van der Waals surface area contributed by atoms with E-state index in [1.165, 1.54) is 0 Å². The van der Waals surface area contributed by atoms with Gasteiger partial charge in [0.2, 0.25) is 5.97 Å². The zero-order chi connectivity index (χ0) is 7.68. The van der Waals surface area contributed by atoms with Gasteiger partial charge in [0, 0.05) is 0 Å². The van der Waals surface area contributed by atoms with Crippen LogP contribution in [-0.2, 0) is 0 Å². The minimum absolute atomic E-state index is 0.205. The molecule has 0 saturated heterocycles. The maximum absolute atomic E-state index is 12.5. The lowest BCUT2D eigenvalue weighted by atomic mass is 10.2.